The van der Waals surface area contributed by atoms with Gasteiger partial charge < -0.3 is 15.2 Å². The number of thiazole rings is 1. The van der Waals surface area contributed by atoms with Crippen LogP contribution in [0.4, 0.5) is 0 Å². The first kappa shape index (κ1) is 12.6. The quantitative estimate of drug-likeness (QED) is 0.673. The molecule has 0 aliphatic carbocycles. The van der Waals surface area contributed by atoms with Gasteiger partial charge in [0.25, 0.3) is 0 Å². The number of hydrogen-bond donors (Lipinski definition) is 2. The third kappa shape index (κ3) is 4.70. The first-order valence-corrected chi connectivity index (χ1v) is 5.91. The van der Waals surface area contributed by atoms with Crippen LogP contribution in [0.1, 0.15) is 10.6 Å². The highest BCUT2D eigenvalue weighted by atomic mass is 32.1. The average Bonchev–Trinajstić information content (AvgIpc) is 2.60. The molecule has 1 aromatic heterocycles. The van der Waals surface area contributed by atoms with Crippen molar-refractivity contribution >= 4 is 11.3 Å². The molecule has 5 heteroatoms. The fourth-order valence-corrected chi connectivity index (χ4v) is 2.01. The maximum absolute atomic E-state index is 9.36. The van der Waals surface area contributed by atoms with E-state index in [-0.39, 0.29) is 0 Å². The SMILES string of the molecule is CNCC(O)COCCc1scnc1C. The lowest BCUT2D eigenvalue weighted by atomic mass is 10.3. The summed E-state index contributed by atoms with van der Waals surface area (Å²) in [6.45, 7) is 3.60. The zero-order valence-electron chi connectivity index (χ0n) is 9.19. The van der Waals surface area contributed by atoms with Crippen molar-refractivity contribution in [2.24, 2.45) is 0 Å². The summed E-state index contributed by atoms with van der Waals surface area (Å²) < 4.78 is 5.37. The molecule has 0 amide bonds. The average molecular weight is 230 g/mol. The molecule has 15 heavy (non-hydrogen) atoms. The van der Waals surface area contributed by atoms with Crippen LogP contribution in [0.3, 0.4) is 0 Å². The van der Waals surface area contributed by atoms with Gasteiger partial charge in [-0.05, 0) is 14.0 Å². The Morgan fingerprint density at radius 1 is 1.67 bits per heavy atom. The lowest BCUT2D eigenvalue weighted by Gasteiger charge is -2.09. The lowest BCUT2D eigenvalue weighted by Crippen LogP contribution is -2.28. The summed E-state index contributed by atoms with van der Waals surface area (Å²) in [5.41, 5.74) is 2.93. The molecule has 4 nitrogen and oxygen atoms in total. The Morgan fingerprint density at radius 2 is 2.47 bits per heavy atom. The van der Waals surface area contributed by atoms with Gasteiger partial charge in [0.05, 0.1) is 30.5 Å². The van der Waals surface area contributed by atoms with Gasteiger partial charge in [-0.25, -0.2) is 4.98 Å². The van der Waals surface area contributed by atoms with Crippen molar-refractivity contribution in [3.8, 4) is 0 Å². The third-order valence-corrected chi connectivity index (χ3v) is 3.06. The van der Waals surface area contributed by atoms with Crippen LogP contribution in [0.15, 0.2) is 5.51 Å². The number of aliphatic hydroxyl groups is 1. The second-order valence-corrected chi connectivity index (χ2v) is 4.34. The van der Waals surface area contributed by atoms with Crippen molar-refractivity contribution in [1.29, 1.82) is 0 Å². The summed E-state index contributed by atoms with van der Waals surface area (Å²) in [6.07, 6.45) is 0.459. The second kappa shape index (κ2) is 6.90. The predicted octanol–water partition coefficient (Wildman–Crippen LogP) is 0.591. The van der Waals surface area contributed by atoms with Crippen LogP contribution in [0.2, 0.25) is 0 Å². The number of aromatic nitrogens is 1. The fraction of sp³-hybridized carbons (Fsp3) is 0.700. The van der Waals surface area contributed by atoms with E-state index in [1.54, 1.807) is 11.3 Å². The van der Waals surface area contributed by atoms with Gasteiger partial charge in [-0.3, -0.25) is 0 Å². The second-order valence-electron chi connectivity index (χ2n) is 3.40. The Balaban J connectivity index is 2.09. The van der Waals surface area contributed by atoms with Gasteiger partial charge in [0.15, 0.2) is 0 Å². The fourth-order valence-electron chi connectivity index (χ4n) is 1.24. The largest absolute Gasteiger partial charge is 0.389 e. The van der Waals surface area contributed by atoms with E-state index in [9.17, 15) is 5.11 Å². The Bertz CT molecular complexity index is 278. The first-order valence-electron chi connectivity index (χ1n) is 5.03. The predicted molar refractivity (Wildman–Crippen MR) is 61.3 cm³/mol. The lowest BCUT2D eigenvalue weighted by molar-refractivity contribution is 0.0395. The summed E-state index contributed by atoms with van der Waals surface area (Å²) in [7, 11) is 1.81. The standard InChI is InChI=1S/C10H18N2O2S/c1-8-10(15-7-12-8)3-4-14-6-9(13)5-11-2/h7,9,11,13H,3-6H2,1-2H3. The van der Waals surface area contributed by atoms with Crippen LogP contribution in [0.25, 0.3) is 0 Å². The number of likely N-dealkylation sites (N-methyl/N-ethyl adjacent to an activating group) is 1. The molecule has 1 atom stereocenters. The van der Waals surface area contributed by atoms with Gasteiger partial charge >= 0.3 is 0 Å². The van der Waals surface area contributed by atoms with Crippen LogP contribution in [0, 0.1) is 6.92 Å². The maximum atomic E-state index is 9.36. The summed E-state index contributed by atoms with van der Waals surface area (Å²) in [4.78, 5) is 5.43. The summed E-state index contributed by atoms with van der Waals surface area (Å²) in [5.74, 6) is 0. The molecule has 0 aliphatic rings. The van der Waals surface area contributed by atoms with Crippen molar-refractivity contribution in [2.45, 2.75) is 19.4 Å². The molecule has 1 aromatic rings. The van der Waals surface area contributed by atoms with E-state index in [4.69, 9.17) is 4.74 Å². The highest BCUT2D eigenvalue weighted by molar-refractivity contribution is 7.09. The Morgan fingerprint density at radius 3 is 3.07 bits per heavy atom. The molecule has 0 radical (unpaired) electrons. The normalized spacial score (nSPS) is 13.0. The number of nitrogens with one attached hydrogen (secondary N) is 1. The van der Waals surface area contributed by atoms with Crippen molar-refractivity contribution < 1.29 is 9.84 Å². The Labute approximate surface area is 94.3 Å². The third-order valence-electron chi connectivity index (χ3n) is 2.07. The molecule has 1 heterocycles. The molecule has 0 saturated carbocycles. The Hall–Kier alpha value is -0.490. The molecule has 0 aromatic carbocycles. The van der Waals surface area contributed by atoms with E-state index in [0.717, 1.165) is 12.1 Å². The van der Waals surface area contributed by atoms with Crippen molar-refractivity contribution in [2.75, 3.05) is 26.8 Å². The van der Waals surface area contributed by atoms with Gasteiger partial charge in [-0.1, -0.05) is 0 Å². The molecule has 1 unspecified atom stereocenters. The van der Waals surface area contributed by atoms with Gasteiger partial charge in [0.2, 0.25) is 0 Å². The number of hydrogen-bond acceptors (Lipinski definition) is 5. The topological polar surface area (TPSA) is 54.4 Å². The van der Waals surface area contributed by atoms with Crippen molar-refractivity contribution in [3.05, 3.63) is 16.1 Å². The molecule has 86 valence electrons. The van der Waals surface area contributed by atoms with Gasteiger partial charge in [-0.15, -0.1) is 11.3 Å². The van der Waals surface area contributed by atoms with Crippen LogP contribution >= 0.6 is 11.3 Å². The monoisotopic (exact) mass is 230 g/mol. The van der Waals surface area contributed by atoms with Crippen LogP contribution in [0.5, 0.6) is 0 Å². The van der Waals surface area contributed by atoms with E-state index in [2.05, 4.69) is 10.3 Å². The van der Waals surface area contributed by atoms with E-state index in [1.807, 2.05) is 19.5 Å². The van der Waals surface area contributed by atoms with Gasteiger partial charge in [0.1, 0.15) is 0 Å². The Kier molecular flexibility index (Phi) is 5.78. The number of ether oxygens (including phenoxy) is 1. The van der Waals surface area contributed by atoms with Crippen LogP contribution in [-0.4, -0.2) is 43.0 Å². The minimum Gasteiger partial charge on any atom is -0.389 e. The molecular weight excluding hydrogens is 212 g/mol. The summed E-state index contributed by atoms with van der Waals surface area (Å²) >= 11 is 1.65. The zero-order chi connectivity index (χ0) is 11.1. The molecule has 0 saturated heterocycles. The molecule has 0 bridgehead atoms. The highest BCUT2D eigenvalue weighted by Crippen LogP contribution is 2.12. The zero-order valence-corrected chi connectivity index (χ0v) is 10.0. The first-order chi connectivity index (χ1) is 7.24. The molecule has 2 N–H and O–H groups in total. The van der Waals surface area contributed by atoms with E-state index in [1.165, 1.54) is 4.88 Å². The van der Waals surface area contributed by atoms with Crippen LogP contribution in [-0.2, 0) is 11.2 Å². The van der Waals surface area contributed by atoms with E-state index in [0.29, 0.717) is 19.8 Å². The smallest absolute Gasteiger partial charge is 0.0897 e. The van der Waals surface area contributed by atoms with E-state index >= 15 is 0 Å². The highest BCUT2D eigenvalue weighted by Gasteiger charge is 2.04. The molecule has 0 spiro atoms. The number of nitrogens with zero attached hydrogens (tertiary/aromatic N) is 1. The minimum absolute atomic E-state index is 0.388. The minimum atomic E-state index is -0.419. The number of rotatable bonds is 7. The van der Waals surface area contributed by atoms with Crippen molar-refractivity contribution in [1.82, 2.24) is 10.3 Å². The van der Waals surface area contributed by atoms with Crippen LogP contribution < -0.4 is 5.32 Å². The molecule has 0 fully saturated rings. The molecular formula is C10H18N2O2S. The summed E-state index contributed by atoms with van der Waals surface area (Å²) in [5, 5.41) is 12.3. The molecule has 0 aliphatic heterocycles. The molecule has 1 rings (SSSR count). The van der Waals surface area contributed by atoms with Gasteiger partial charge in [-0.2, -0.15) is 0 Å². The van der Waals surface area contributed by atoms with Gasteiger partial charge in [0, 0.05) is 17.8 Å². The maximum Gasteiger partial charge on any atom is 0.0897 e. The number of aryl methyl sites for hydroxylation is 1. The number of aliphatic hydroxyl groups excluding tert-OH is 1. The van der Waals surface area contributed by atoms with Crippen molar-refractivity contribution in [3.63, 3.8) is 0 Å². The summed E-state index contributed by atoms with van der Waals surface area (Å²) in [6, 6.07) is 0. The van der Waals surface area contributed by atoms with E-state index < -0.39 is 6.10 Å².